The molecule has 0 spiro atoms. The fraction of sp³-hybridized carbons (Fsp3) is 0.526. The van der Waals surface area contributed by atoms with Gasteiger partial charge in [-0.1, -0.05) is 19.8 Å². The summed E-state index contributed by atoms with van der Waals surface area (Å²) in [5.74, 6) is 1.44. The predicted octanol–water partition coefficient (Wildman–Crippen LogP) is 3.66. The highest BCUT2D eigenvalue weighted by molar-refractivity contribution is 5.91. The number of unbranched alkanes of at least 4 members (excludes halogenated alkanes) is 1. The van der Waals surface area contributed by atoms with E-state index in [1.54, 1.807) is 17.0 Å². The number of rotatable bonds is 6. The van der Waals surface area contributed by atoms with E-state index in [4.69, 9.17) is 0 Å². The topological polar surface area (TPSA) is 63.1 Å². The van der Waals surface area contributed by atoms with E-state index in [-0.39, 0.29) is 11.8 Å². The Hall–Kier alpha value is -2.44. The quantitative estimate of drug-likeness (QED) is 0.801. The zero-order chi connectivity index (χ0) is 18.4. The Labute approximate surface area is 153 Å². The minimum absolute atomic E-state index is 0.198. The zero-order valence-corrected chi connectivity index (χ0v) is 15.2. The number of anilines is 1. The van der Waals surface area contributed by atoms with Gasteiger partial charge in [-0.05, 0) is 43.5 Å². The summed E-state index contributed by atoms with van der Waals surface area (Å²) in [4.78, 5) is 14.3. The number of nitrogens with one attached hydrogen (secondary N) is 1. The highest BCUT2D eigenvalue weighted by Crippen LogP contribution is 2.20. The SMILES string of the molecule is CCCCNC(=O)N(Cc1nnc2n1CCCCC2)c1ccc(F)cc1. The first kappa shape index (κ1) is 18.4. The van der Waals surface area contributed by atoms with E-state index in [1.807, 2.05) is 0 Å². The maximum absolute atomic E-state index is 13.3. The van der Waals surface area contributed by atoms with E-state index < -0.39 is 0 Å². The highest BCUT2D eigenvalue weighted by atomic mass is 19.1. The second-order valence-electron chi connectivity index (χ2n) is 6.64. The second kappa shape index (κ2) is 8.78. The molecule has 0 fully saturated rings. The van der Waals surface area contributed by atoms with Crippen LogP contribution < -0.4 is 10.2 Å². The van der Waals surface area contributed by atoms with Crippen molar-refractivity contribution in [3.05, 3.63) is 41.7 Å². The van der Waals surface area contributed by atoms with Gasteiger partial charge in [-0.2, -0.15) is 0 Å². The lowest BCUT2D eigenvalue weighted by Gasteiger charge is -2.23. The van der Waals surface area contributed by atoms with Crippen molar-refractivity contribution in [1.82, 2.24) is 20.1 Å². The fourth-order valence-corrected chi connectivity index (χ4v) is 3.17. The van der Waals surface area contributed by atoms with Crippen molar-refractivity contribution in [1.29, 1.82) is 0 Å². The molecule has 0 atom stereocenters. The molecule has 0 aliphatic carbocycles. The smallest absolute Gasteiger partial charge is 0.322 e. The van der Waals surface area contributed by atoms with Crippen LogP contribution in [0.15, 0.2) is 24.3 Å². The zero-order valence-electron chi connectivity index (χ0n) is 15.2. The Morgan fingerprint density at radius 1 is 1.23 bits per heavy atom. The summed E-state index contributed by atoms with van der Waals surface area (Å²) in [6, 6.07) is 5.77. The van der Waals surface area contributed by atoms with E-state index >= 15 is 0 Å². The van der Waals surface area contributed by atoms with Crippen molar-refractivity contribution in [2.75, 3.05) is 11.4 Å². The number of carbonyl (C=O) groups excluding carboxylic acids is 1. The Morgan fingerprint density at radius 2 is 2.04 bits per heavy atom. The molecule has 1 aliphatic heterocycles. The lowest BCUT2D eigenvalue weighted by molar-refractivity contribution is 0.245. The molecule has 1 aromatic carbocycles. The van der Waals surface area contributed by atoms with Gasteiger partial charge < -0.3 is 9.88 Å². The van der Waals surface area contributed by atoms with Crippen LogP contribution >= 0.6 is 0 Å². The van der Waals surface area contributed by atoms with Gasteiger partial charge in [0.2, 0.25) is 0 Å². The van der Waals surface area contributed by atoms with Gasteiger partial charge in [0.05, 0.1) is 6.54 Å². The van der Waals surface area contributed by atoms with Crippen LogP contribution in [0, 0.1) is 5.82 Å². The van der Waals surface area contributed by atoms with E-state index in [9.17, 15) is 9.18 Å². The molecule has 0 bridgehead atoms. The van der Waals surface area contributed by atoms with Crippen LogP contribution in [0.4, 0.5) is 14.9 Å². The van der Waals surface area contributed by atoms with Gasteiger partial charge in [0.25, 0.3) is 0 Å². The largest absolute Gasteiger partial charge is 0.338 e. The normalized spacial score (nSPS) is 13.8. The Bertz CT molecular complexity index is 728. The summed E-state index contributed by atoms with van der Waals surface area (Å²) >= 11 is 0. The molecule has 2 aromatic rings. The molecule has 2 heterocycles. The number of halogens is 1. The van der Waals surface area contributed by atoms with Gasteiger partial charge in [0.1, 0.15) is 11.6 Å². The number of urea groups is 1. The molecule has 3 rings (SSSR count). The molecule has 1 N–H and O–H groups in total. The summed E-state index contributed by atoms with van der Waals surface area (Å²) in [7, 11) is 0. The molecule has 0 unspecified atom stereocenters. The monoisotopic (exact) mass is 359 g/mol. The molecule has 1 aliphatic rings. The maximum Gasteiger partial charge on any atom is 0.322 e. The van der Waals surface area contributed by atoms with Crippen molar-refractivity contribution < 1.29 is 9.18 Å². The van der Waals surface area contributed by atoms with Crippen molar-refractivity contribution in [3.8, 4) is 0 Å². The molecule has 26 heavy (non-hydrogen) atoms. The number of aryl methyl sites for hydroxylation is 1. The third-order valence-corrected chi connectivity index (χ3v) is 4.68. The number of amides is 2. The van der Waals surface area contributed by atoms with Crippen LogP contribution in [0.5, 0.6) is 0 Å². The first-order chi connectivity index (χ1) is 12.7. The maximum atomic E-state index is 13.3. The number of carbonyl (C=O) groups is 1. The van der Waals surface area contributed by atoms with Crippen molar-refractivity contribution in [2.24, 2.45) is 0 Å². The van der Waals surface area contributed by atoms with Crippen molar-refractivity contribution in [3.63, 3.8) is 0 Å². The molecule has 7 heteroatoms. The number of fused-ring (bicyclic) bond motifs is 1. The van der Waals surface area contributed by atoms with Crippen molar-refractivity contribution >= 4 is 11.7 Å². The summed E-state index contributed by atoms with van der Waals surface area (Å²) in [5, 5.41) is 11.6. The molecule has 0 saturated heterocycles. The van der Waals surface area contributed by atoms with E-state index in [1.165, 1.54) is 18.6 Å². The van der Waals surface area contributed by atoms with Crippen molar-refractivity contribution in [2.45, 2.75) is 58.5 Å². The standard InChI is InChI=1S/C19H26FN5O/c1-2-3-12-21-19(26)25(16-10-8-15(20)9-11-16)14-18-23-22-17-7-5-4-6-13-24(17)18/h8-11H,2-7,12-14H2,1H3,(H,21,26). The van der Waals surface area contributed by atoms with Gasteiger partial charge in [-0.15, -0.1) is 10.2 Å². The van der Waals surface area contributed by atoms with Crippen LogP contribution in [-0.2, 0) is 19.5 Å². The average Bonchev–Trinajstić information content (AvgIpc) is 2.87. The van der Waals surface area contributed by atoms with Gasteiger partial charge in [0, 0.05) is 25.2 Å². The van der Waals surface area contributed by atoms with Crippen LogP contribution in [0.1, 0.15) is 50.7 Å². The number of aromatic nitrogens is 3. The molecule has 6 nitrogen and oxygen atoms in total. The van der Waals surface area contributed by atoms with Gasteiger partial charge in [-0.3, -0.25) is 4.90 Å². The predicted molar refractivity (Wildman–Crippen MR) is 98.5 cm³/mol. The van der Waals surface area contributed by atoms with Crippen LogP contribution in [0.3, 0.4) is 0 Å². The number of nitrogens with zero attached hydrogens (tertiary/aromatic N) is 4. The summed E-state index contributed by atoms with van der Waals surface area (Å²) in [6.07, 6.45) is 6.25. The minimum atomic E-state index is -0.323. The number of benzene rings is 1. The van der Waals surface area contributed by atoms with E-state index in [2.05, 4.69) is 27.0 Å². The molecule has 140 valence electrons. The van der Waals surface area contributed by atoms with Crippen LogP contribution in [-0.4, -0.2) is 27.3 Å². The Morgan fingerprint density at radius 3 is 2.81 bits per heavy atom. The summed E-state index contributed by atoms with van der Waals surface area (Å²) < 4.78 is 15.4. The minimum Gasteiger partial charge on any atom is -0.338 e. The van der Waals surface area contributed by atoms with E-state index in [0.717, 1.165) is 50.3 Å². The molecular formula is C19H26FN5O. The third-order valence-electron chi connectivity index (χ3n) is 4.68. The first-order valence-corrected chi connectivity index (χ1v) is 9.41. The number of hydrogen-bond acceptors (Lipinski definition) is 3. The summed E-state index contributed by atoms with van der Waals surface area (Å²) in [5.41, 5.74) is 0.645. The second-order valence-corrected chi connectivity index (χ2v) is 6.64. The molecule has 2 amide bonds. The Balaban J connectivity index is 1.82. The fourth-order valence-electron chi connectivity index (χ4n) is 3.17. The first-order valence-electron chi connectivity index (χ1n) is 9.41. The lowest BCUT2D eigenvalue weighted by atomic mass is 10.2. The molecule has 1 aromatic heterocycles. The van der Waals surface area contributed by atoms with Gasteiger partial charge >= 0.3 is 6.03 Å². The van der Waals surface area contributed by atoms with E-state index in [0.29, 0.717) is 18.8 Å². The Kier molecular flexibility index (Phi) is 6.20. The van der Waals surface area contributed by atoms with Gasteiger partial charge in [-0.25, -0.2) is 9.18 Å². The third kappa shape index (κ3) is 4.39. The molecule has 0 saturated carbocycles. The highest BCUT2D eigenvalue weighted by Gasteiger charge is 2.21. The summed E-state index contributed by atoms with van der Waals surface area (Å²) in [6.45, 7) is 3.89. The van der Waals surface area contributed by atoms with Crippen LogP contribution in [0.2, 0.25) is 0 Å². The average molecular weight is 359 g/mol. The lowest BCUT2D eigenvalue weighted by Crippen LogP contribution is -2.40. The molecule has 0 radical (unpaired) electrons. The molecular weight excluding hydrogens is 333 g/mol. The number of hydrogen-bond donors (Lipinski definition) is 1. The van der Waals surface area contributed by atoms with Crippen LogP contribution in [0.25, 0.3) is 0 Å². The van der Waals surface area contributed by atoms with Gasteiger partial charge in [0.15, 0.2) is 5.82 Å².